The van der Waals surface area contributed by atoms with Crippen LogP contribution in [0.25, 0.3) is 21.5 Å². The third-order valence-electron chi connectivity index (χ3n) is 5.09. The Balaban J connectivity index is 1.98. The van der Waals surface area contributed by atoms with Crippen LogP contribution in [0.3, 0.4) is 0 Å². The van der Waals surface area contributed by atoms with Gasteiger partial charge in [-0.3, -0.25) is 14.7 Å². The van der Waals surface area contributed by atoms with Gasteiger partial charge in [0.05, 0.1) is 16.3 Å². The summed E-state index contributed by atoms with van der Waals surface area (Å²) in [5.74, 6) is 0. The molecule has 0 aliphatic rings. The lowest BCUT2D eigenvalue weighted by molar-refractivity contribution is -0.384. The molecular formula is C22H17N3O5S. The van der Waals surface area contributed by atoms with Crippen LogP contribution >= 0.6 is 0 Å². The second-order valence-electron chi connectivity index (χ2n) is 7.15. The molecule has 4 aromatic rings. The average molecular weight is 435 g/mol. The lowest BCUT2D eigenvalue weighted by Gasteiger charge is -2.10. The molecule has 9 heteroatoms. The molecule has 0 heterocycles. The Hall–Kier alpha value is -3.69. The van der Waals surface area contributed by atoms with E-state index in [-0.39, 0.29) is 11.1 Å². The maximum atomic E-state index is 11.9. The molecule has 31 heavy (non-hydrogen) atoms. The number of benzene rings is 4. The van der Waals surface area contributed by atoms with E-state index in [4.69, 9.17) is 0 Å². The number of hydrogen-bond donors (Lipinski definition) is 1. The van der Waals surface area contributed by atoms with Crippen molar-refractivity contribution in [3.8, 4) is 0 Å². The van der Waals surface area contributed by atoms with Crippen molar-refractivity contribution in [3.63, 3.8) is 0 Å². The number of nitrogens with zero attached hydrogens (tertiary/aromatic N) is 3. The van der Waals surface area contributed by atoms with E-state index in [0.717, 1.165) is 22.4 Å². The van der Waals surface area contributed by atoms with Gasteiger partial charge in [0.2, 0.25) is 0 Å². The zero-order valence-corrected chi connectivity index (χ0v) is 17.4. The van der Waals surface area contributed by atoms with Gasteiger partial charge in [0.25, 0.3) is 15.8 Å². The zero-order chi connectivity index (χ0) is 22.3. The fourth-order valence-corrected chi connectivity index (χ4v) is 4.33. The summed E-state index contributed by atoms with van der Waals surface area (Å²) in [6, 6.07) is 16.7. The molecular weight excluding hydrogens is 418 g/mol. The minimum atomic E-state index is -4.61. The first-order chi connectivity index (χ1) is 14.7. The van der Waals surface area contributed by atoms with E-state index < -0.39 is 19.9 Å². The normalized spacial score (nSPS) is 12.1. The number of fused-ring (bicyclic) bond motifs is 2. The van der Waals surface area contributed by atoms with Crippen molar-refractivity contribution in [2.24, 2.45) is 10.2 Å². The Labute approximate surface area is 177 Å². The van der Waals surface area contributed by atoms with Crippen molar-refractivity contribution in [2.45, 2.75) is 18.7 Å². The molecule has 0 saturated heterocycles. The molecule has 1 N–H and O–H groups in total. The molecule has 0 bridgehead atoms. The van der Waals surface area contributed by atoms with E-state index >= 15 is 0 Å². The molecule has 0 atom stereocenters. The van der Waals surface area contributed by atoms with Crippen molar-refractivity contribution in [1.29, 1.82) is 0 Å². The first-order valence-corrected chi connectivity index (χ1v) is 10.7. The van der Waals surface area contributed by atoms with Crippen LogP contribution in [0.5, 0.6) is 0 Å². The smallest absolute Gasteiger partial charge is 0.282 e. The van der Waals surface area contributed by atoms with Gasteiger partial charge in [-0.15, -0.1) is 10.2 Å². The molecule has 8 nitrogen and oxygen atoms in total. The van der Waals surface area contributed by atoms with E-state index in [0.29, 0.717) is 22.3 Å². The maximum absolute atomic E-state index is 11.9. The quantitative estimate of drug-likeness (QED) is 0.177. The number of nitro benzene ring substituents is 1. The van der Waals surface area contributed by atoms with Crippen molar-refractivity contribution in [1.82, 2.24) is 0 Å². The predicted octanol–water partition coefficient (Wildman–Crippen LogP) is 6.18. The van der Waals surface area contributed by atoms with E-state index in [9.17, 15) is 23.1 Å². The van der Waals surface area contributed by atoms with Crippen molar-refractivity contribution in [3.05, 3.63) is 81.9 Å². The first-order valence-electron chi connectivity index (χ1n) is 9.26. The molecule has 0 amide bonds. The molecule has 0 fully saturated rings. The molecule has 0 saturated carbocycles. The number of nitro groups is 1. The zero-order valence-electron chi connectivity index (χ0n) is 16.6. The van der Waals surface area contributed by atoms with Crippen molar-refractivity contribution < 1.29 is 17.9 Å². The summed E-state index contributed by atoms with van der Waals surface area (Å²) in [5, 5.41) is 22.3. The van der Waals surface area contributed by atoms with Crippen LogP contribution in [0, 0.1) is 24.0 Å². The van der Waals surface area contributed by atoms with Crippen LogP contribution in [0.2, 0.25) is 0 Å². The van der Waals surface area contributed by atoms with E-state index in [1.165, 1.54) is 18.2 Å². The number of aryl methyl sites for hydroxylation is 2. The lowest BCUT2D eigenvalue weighted by atomic mass is 10.0. The van der Waals surface area contributed by atoms with Gasteiger partial charge < -0.3 is 0 Å². The summed E-state index contributed by atoms with van der Waals surface area (Å²) in [7, 11) is -4.61. The molecule has 156 valence electrons. The van der Waals surface area contributed by atoms with E-state index in [2.05, 4.69) is 10.2 Å². The predicted molar refractivity (Wildman–Crippen MR) is 118 cm³/mol. The fourth-order valence-electron chi connectivity index (χ4n) is 3.55. The molecule has 4 rings (SSSR count). The van der Waals surface area contributed by atoms with Gasteiger partial charge in [-0.05, 0) is 42.5 Å². The summed E-state index contributed by atoms with van der Waals surface area (Å²) in [4.78, 5) is 10.1. The Morgan fingerprint density at radius 2 is 1.52 bits per heavy atom. The fraction of sp³-hybridized carbons (Fsp3) is 0.0909. The standard InChI is InChI=1S/C22H17N3O5S/c1-13-7-8-15-5-3-4-6-17(15)21(13)23-24-22-14(2)11-20(31(28,29)30)19-12-16(25(26)27)9-10-18(19)22/h3-12H,1-2H3,(H,28,29,30). The summed E-state index contributed by atoms with van der Waals surface area (Å²) in [5.41, 5.74) is 2.11. The van der Waals surface area contributed by atoms with Crippen LogP contribution in [-0.4, -0.2) is 17.9 Å². The van der Waals surface area contributed by atoms with Crippen LogP contribution in [-0.2, 0) is 10.1 Å². The molecule has 0 aliphatic heterocycles. The Morgan fingerprint density at radius 1 is 0.839 bits per heavy atom. The highest BCUT2D eigenvalue weighted by atomic mass is 32.2. The Bertz CT molecular complexity index is 1510. The maximum Gasteiger partial charge on any atom is 0.295 e. The molecule has 0 aliphatic carbocycles. The van der Waals surface area contributed by atoms with Crippen molar-refractivity contribution in [2.75, 3.05) is 0 Å². The third kappa shape index (κ3) is 3.76. The monoisotopic (exact) mass is 435 g/mol. The number of azo groups is 1. The largest absolute Gasteiger partial charge is 0.295 e. The van der Waals surface area contributed by atoms with Crippen LogP contribution < -0.4 is 0 Å². The minimum Gasteiger partial charge on any atom is -0.282 e. The van der Waals surface area contributed by atoms with E-state index in [1.54, 1.807) is 6.92 Å². The minimum absolute atomic E-state index is 0.00546. The number of hydrogen-bond acceptors (Lipinski definition) is 6. The first kappa shape index (κ1) is 20.6. The molecule has 0 aromatic heterocycles. The average Bonchev–Trinajstić information content (AvgIpc) is 2.72. The SMILES string of the molecule is Cc1ccc2ccccc2c1N=Nc1c(C)cc(S(=O)(=O)O)c2cc([N+](=O)[O-])ccc12. The van der Waals surface area contributed by atoms with Crippen LogP contribution in [0.15, 0.2) is 75.8 Å². The highest BCUT2D eigenvalue weighted by Gasteiger charge is 2.21. The number of non-ortho nitro benzene ring substituents is 1. The van der Waals surface area contributed by atoms with Crippen molar-refractivity contribution >= 4 is 48.7 Å². The highest BCUT2D eigenvalue weighted by Crippen LogP contribution is 2.38. The summed E-state index contributed by atoms with van der Waals surface area (Å²) in [6.45, 7) is 3.55. The van der Waals surface area contributed by atoms with Gasteiger partial charge in [-0.2, -0.15) is 8.42 Å². The number of rotatable bonds is 4. The lowest BCUT2D eigenvalue weighted by Crippen LogP contribution is -2.01. The van der Waals surface area contributed by atoms with Crippen LogP contribution in [0.4, 0.5) is 17.1 Å². The highest BCUT2D eigenvalue weighted by molar-refractivity contribution is 7.86. The van der Waals surface area contributed by atoms with Gasteiger partial charge in [0, 0.05) is 28.3 Å². The second kappa shape index (κ2) is 7.53. The van der Waals surface area contributed by atoms with Gasteiger partial charge in [-0.25, -0.2) is 0 Å². The molecule has 0 unspecified atom stereocenters. The second-order valence-corrected chi connectivity index (χ2v) is 8.54. The summed E-state index contributed by atoms with van der Waals surface area (Å²) < 4.78 is 33.4. The van der Waals surface area contributed by atoms with Gasteiger partial charge in [-0.1, -0.05) is 36.4 Å². The summed E-state index contributed by atoms with van der Waals surface area (Å²) >= 11 is 0. The Morgan fingerprint density at radius 3 is 2.19 bits per heavy atom. The van der Waals surface area contributed by atoms with Gasteiger partial charge in [0.15, 0.2) is 0 Å². The topological polar surface area (TPSA) is 122 Å². The van der Waals surface area contributed by atoms with Gasteiger partial charge >= 0.3 is 0 Å². The summed E-state index contributed by atoms with van der Waals surface area (Å²) in [6.07, 6.45) is 0. The molecule has 4 aromatic carbocycles. The molecule has 0 spiro atoms. The third-order valence-corrected chi connectivity index (χ3v) is 5.98. The Kier molecular flexibility index (Phi) is 5.00. The van der Waals surface area contributed by atoms with E-state index in [1.807, 2.05) is 43.3 Å². The molecule has 0 radical (unpaired) electrons. The van der Waals surface area contributed by atoms with Crippen LogP contribution in [0.1, 0.15) is 11.1 Å². The van der Waals surface area contributed by atoms with Gasteiger partial charge in [0.1, 0.15) is 4.90 Å².